The van der Waals surface area contributed by atoms with Crippen LogP contribution in [-0.2, 0) is 13.5 Å². The molecule has 0 aliphatic heterocycles. The molecule has 0 radical (unpaired) electrons. The van der Waals surface area contributed by atoms with Crippen molar-refractivity contribution in [3.8, 4) is 22.8 Å². The van der Waals surface area contributed by atoms with Gasteiger partial charge in [0.15, 0.2) is 17.3 Å². The van der Waals surface area contributed by atoms with Crippen LogP contribution in [0, 0.1) is 0 Å². The molecule has 168 valence electrons. The van der Waals surface area contributed by atoms with Gasteiger partial charge in [-0.05, 0) is 24.6 Å². The molecule has 2 N–H and O–H groups in total. The molecule has 4 heterocycles. The number of oxazole rings is 1. The first-order chi connectivity index (χ1) is 15.8. The van der Waals surface area contributed by atoms with Crippen LogP contribution in [0.4, 0.5) is 11.5 Å². The smallest absolute Gasteiger partial charge is 0.250 e. The second kappa shape index (κ2) is 9.03. The van der Waals surface area contributed by atoms with E-state index in [0.29, 0.717) is 17.7 Å². The van der Waals surface area contributed by atoms with Gasteiger partial charge in [-0.2, -0.15) is 0 Å². The van der Waals surface area contributed by atoms with Crippen molar-refractivity contribution in [2.45, 2.75) is 12.8 Å². The molecular weight excluding hydrogens is 422 g/mol. The van der Waals surface area contributed by atoms with Crippen molar-refractivity contribution in [2.24, 2.45) is 7.05 Å². The molecule has 0 aliphatic carbocycles. The Bertz CT molecular complexity index is 1360. The number of nitrogens with zero attached hydrogens (tertiary/aromatic N) is 6. The second-order valence-corrected chi connectivity index (χ2v) is 7.65. The van der Waals surface area contributed by atoms with E-state index in [1.807, 2.05) is 31.1 Å². The molecule has 0 saturated carbocycles. The number of hydrogen-bond donors (Lipinski definition) is 1. The van der Waals surface area contributed by atoms with E-state index >= 15 is 0 Å². The molecule has 0 aliphatic rings. The van der Waals surface area contributed by atoms with Crippen molar-refractivity contribution in [3.63, 3.8) is 0 Å². The summed E-state index contributed by atoms with van der Waals surface area (Å²) in [6.45, 7) is 0. The Balaban J connectivity index is 1.72. The summed E-state index contributed by atoms with van der Waals surface area (Å²) in [7, 11) is 5.47. The zero-order valence-corrected chi connectivity index (χ0v) is 18.5. The summed E-state index contributed by atoms with van der Waals surface area (Å²) in [6, 6.07) is 6.83. The third-order valence-corrected chi connectivity index (χ3v) is 5.12. The van der Waals surface area contributed by atoms with Crippen molar-refractivity contribution < 1.29 is 9.21 Å². The number of aryl methyl sites for hydroxylation is 2. The number of rotatable bonds is 7. The monoisotopic (exact) mass is 445 g/mol. The van der Waals surface area contributed by atoms with Crippen LogP contribution >= 0.6 is 0 Å². The Labute approximate surface area is 189 Å². The second-order valence-electron chi connectivity index (χ2n) is 7.65. The van der Waals surface area contributed by atoms with E-state index in [-0.39, 0.29) is 40.9 Å². The number of aromatic nitrogens is 5. The van der Waals surface area contributed by atoms with Gasteiger partial charge in [0, 0.05) is 51.6 Å². The summed E-state index contributed by atoms with van der Waals surface area (Å²) in [5, 5.41) is 0. The number of pyridine rings is 2. The average Bonchev–Trinajstić information content (AvgIpc) is 3.34. The number of hydrogen-bond acceptors (Lipinski definition) is 9. The summed E-state index contributed by atoms with van der Waals surface area (Å²) >= 11 is 0. The third kappa shape index (κ3) is 4.49. The molecule has 33 heavy (non-hydrogen) atoms. The summed E-state index contributed by atoms with van der Waals surface area (Å²) in [6.07, 6.45) is 6.77. The van der Waals surface area contributed by atoms with Gasteiger partial charge in [-0.1, -0.05) is 0 Å². The molecule has 0 saturated heterocycles. The fourth-order valence-corrected chi connectivity index (χ4v) is 3.46. The van der Waals surface area contributed by atoms with Gasteiger partial charge in [0.25, 0.3) is 0 Å². The average molecular weight is 445 g/mol. The Morgan fingerprint density at radius 1 is 1.12 bits per heavy atom. The van der Waals surface area contributed by atoms with E-state index in [4.69, 9.17) is 10.2 Å². The standard InChI is InChI=1S/C23H23N7O3/c1-29(2)16-5-4-10-25-15(16)7-8-17(31)20-22(24)28-21(23-26-11-12-33-23)19(27-20)14-6-9-18(32)30(3)13-14/h4-6,9-13H,7-8H2,1-3H3,(H2,24,28). The van der Waals surface area contributed by atoms with Crippen LogP contribution in [0.5, 0.6) is 0 Å². The number of nitrogens with two attached hydrogens (primary N) is 1. The first-order valence-electron chi connectivity index (χ1n) is 10.2. The molecule has 10 nitrogen and oxygen atoms in total. The van der Waals surface area contributed by atoms with Gasteiger partial charge in [-0.3, -0.25) is 14.6 Å². The molecule has 4 rings (SSSR count). The van der Waals surface area contributed by atoms with Gasteiger partial charge in [-0.15, -0.1) is 0 Å². The molecule has 4 aromatic heterocycles. The quantitative estimate of drug-likeness (QED) is 0.426. The predicted molar refractivity (Wildman–Crippen MR) is 124 cm³/mol. The maximum atomic E-state index is 13.1. The molecule has 10 heteroatoms. The first kappa shape index (κ1) is 21.9. The predicted octanol–water partition coefficient (Wildman–Crippen LogP) is 2.36. The van der Waals surface area contributed by atoms with E-state index in [9.17, 15) is 9.59 Å². The highest BCUT2D eigenvalue weighted by Crippen LogP contribution is 2.30. The van der Waals surface area contributed by atoms with Crippen LogP contribution in [0.1, 0.15) is 22.6 Å². The van der Waals surface area contributed by atoms with Gasteiger partial charge in [0.05, 0.1) is 17.6 Å². The highest BCUT2D eigenvalue weighted by atomic mass is 16.3. The number of nitrogen functional groups attached to an aromatic ring is 1. The minimum atomic E-state index is -0.264. The molecule has 0 bridgehead atoms. The molecule has 0 unspecified atom stereocenters. The van der Waals surface area contributed by atoms with Crippen LogP contribution in [0.3, 0.4) is 0 Å². The van der Waals surface area contributed by atoms with Crippen molar-refractivity contribution in [1.29, 1.82) is 0 Å². The van der Waals surface area contributed by atoms with Crippen molar-refractivity contribution in [1.82, 2.24) is 24.5 Å². The normalized spacial score (nSPS) is 10.9. The van der Waals surface area contributed by atoms with Crippen LogP contribution in [0.15, 0.2) is 58.3 Å². The van der Waals surface area contributed by atoms with Crippen molar-refractivity contribution in [2.75, 3.05) is 24.7 Å². The molecule has 4 aromatic rings. The van der Waals surface area contributed by atoms with Gasteiger partial charge >= 0.3 is 0 Å². The van der Waals surface area contributed by atoms with E-state index in [1.165, 1.54) is 23.1 Å². The van der Waals surface area contributed by atoms with Crippen molar-refractivity contribution >= 4 is 17.3 Å². The number of Topliss-reactive ketones (excluding diaryl/α,β-unsaturated/α-hetero) is 1. The third-order valence-electron chi connectivity index (χ3n) is 5.12. The zero-order valence-electron chi connectivity index (χ0n) is 18.5. The topological polar surface area (TPSA) is 133 Å². The Morgan fingerprint density at radius 3 is 2.64 bits per heavy atom. The molecule has 0 aromatic carbocycles. The van der Waals surface area contributed by atoms with E-state index in [1.54, 1.807) is 25.5 Å². The molecule has 0 amide bonds. The van der Waals surface area contributed by atoms with Gasteiger partial charge in [0.2, 0.25) is 11.4 Å². The minimum absolute atomic E-state index is 0.0179. The van der Waals surface area contributed by atoms with Crippen LogP contribution in [0.2, 0.25) is 0 Å². The molecule has 0 spiro atoms. The van der Waals surface area contributed by atoms with Crippen molar-refractivity contribution in [3.05, 3.63) is 70.9 Å². The van der Waals surface area contributed by atoms with Gasteiger partial charge in [0.1, 0.15) is 17.7 Å². The minimum Gasteiger partial charge on any atom is -0.443 e. The summed E-state index contributed by atoms with van der Waals surface area (Å²) in [4.78, 5) is 44.4. The fraction of sp³-hybridized carbons (Fsp3) is 0.217. The van der Waals surface area contributed by atoms with E-state index in [2.05, 4.69) is 19.9 Å². The van der Waals surface area contributed by atoms with Gasteiger partial charge < -0.3 is 19.6 Å². The SMILES string of the molecule is CN(C)c1cccnc1CCC(=O)c1nc(-c2ccc(=O)n(C)c2)c(-c2ncco2)nc1N. The Kier molecular flexibility index (Phi) is 5.99. The molecular formula is C23H23N7O3. The van der Waals surface area contributed by atoms with Crippen LogP contribution in [-0.4, -0.2) is 44.4 Å². The highest BCUT2D eigenvalue weighted by molar-refractivity contribution is 5.99. The number of anilines is 2. The summed E-state index contributed by atoms with van der Waals surface area (Å²) in [5.41, 5.74) is 8.96. The van der Waals surface area contributed by atoms with Crippen LogP contribution in [0.25, 0.3) is 22.8 Å². The van der Waals surface area contributed by atoms with Crippen LogP contribution < -0.4 is 16.2 Å². The lowest BCUT2D eigenvalue weighted by molar-refractivity contribution is 0.0978. The Hall–Kier alpha value is -4.34. The summed E-state index contributed by atoms with van der Waals surface area (Å²) in [5.74, 6) is -0.0721. The molecule has 0 fully saturated rings. The maximum Gasteiger partial charge on any atom is 0.250 e. The number of carbonyl (C=O) groups excluding carboxylic acids is 1. The zero-order chi connectivity index (χ0) is 23.5. The number of ketones is 1. The lowest BCUT2D eigenvalue weighted by Crippen LogP contribution is -2.16. The molecule has 0 atom stereocenters. The number of carbonyl (C=O) groups is 1. The largest absolute Gasteiger partial charge is 0.443 e. The van der Waals surface area contributed by atoms with E-state index < -0.39 is 0 Å². The summed E-state index contributed by atoms with van der Waals surface area (Å²) < 4.78 is 6.81. The lowest BCUT2D eigenvalue weighted by atomic mass is 10.1. The Morgan fingerprint density at radius 2 is 1.94 bits per heavy atom. The van der Waals surface area contributed by atoms with Gasteiger partial charge in [-0.25, -0.2) is 15.0 Å². The maximum absolute atomic E-state index is 13.1. The van der Waals surface area contributed by atoms with E-state index in [0.717, 1.165) is 11.4 Å². The first-order valence-corrected chi connectivity index (χ1v) is 10.2. The lowest BCUT2D eigenvalue weighted by Gasteiger charge is -2.16. The fourth-order valence-electron chi connectivity index (χ4n) is 3.46. The highest BCUT2D eigenvalue weighted by Gasteiger charge is 2.22.